The van der Waals surface area contributed by atoms with E-state index in [0.717, 1.165) is 23.1 Å². The van der Waals surface area contributed by atoms with E-state index < -0.39 is 0 Å². The maximum atomic E-state index is 11.9. The molecule has 0 aliphatic heterocycles. The molecule has 0 aliphatic rings. The molecular formula is C14H17BrN2OS. The minimum atomic E-state index is 0.0808. The van der Waals surface area contributed by atoms with Crippen LogP contribution in [0.3, 0.4) is 0 Å². The molecule has 2 aromatic rings. The summed E-state index contributed by atoms with van der Waals surface area (Å²) in [5.41, 5.74) is 2.17. The Kier molecular flexibility index (Phi) is 4.96. The van der Waals surface area contributed by atoms with Crippen LogP contribution in [0.25, 0.3) is 0 Å². The highest BCUT2D eigenvalue weighted by Gasteiger charge is 2.02. The Morgan fingerprint density at radius 2 is 2.16 bits per heavy atom. The van der Waals surface area contributed by atoms with Gasteiger partial charge in [-0.25, -0.2) is 0 Å². The van der Waals surface area contributed by atoms with Crippen LogP contribution in [0.4, 0.5) is 0 Å². The van der Waals surface area contributed by atoms with E-state index in [1.807, 2.05) is 19.2 Å². The summed E-state index contributed by atoms with van der Waals surface area (Å²) in [6, 6.07) is 3.98. The van der Waals surface area contributed by atoms with E-state index in [1.165, 1.54) is 10.4 Å². The molecule has 0 saturated carbocycles. The Labute approximate surface area is 125 Å². The van der Waals surface area contributed by atoms with Gasteiger partial charge < -0.3 is 9.88 Å². The molecule has 0 atom stereocenters. The summed E-state index contributed by atoms with van der Waals surface area (Å²) in [7, 11) is 0. The van der Waals surface area contributed by atoms with Crippen molar-refractivity contribution in [2.24, 2.45) is 0 Å². The zero-order valence-corrected chi connectivity index (χ0v) is 13.5. The molecule has 2 rings (SSSR count). The summed E-state index contributed by atoms with van der Waals surface area (Å²) in [5.74, 6) is 0. The molecule has 0 amide bonds. The molecule has 5 heteroatoms. The Bertz CT molecular complexity index is 618. The summed E-state index contributed by atoms with van der Waals surface area (Å²) < 4.78 is 2.69. The lowest BCUT2D eigenvalue weighted by Crippen LogP contribution is -2.27. The molecule has 3 nitrogen and oxygen atoms in total. The maximum Gasteiger partial charge on any atom is 0.253 e. The summed E-state index contributed by atoms with van der Waals surface area (Å²) in [4.78, 5) is 13.3. The zero-order valence-electron chi connectivity index (χ0n) is 11.1. The normalized spacial score (nSPS) is 10.9. The molecule has 1 N–H and O–H groups in total. The van der Waals surface area contributed by atoms with E-state index >= 15 is 0 Å². The third-order valence-corrected chi connectivity index (χ3v) is 4.47. The number of rotatable bonds is 5. The number of hydrogen-bond acceptors (Lipinski definition) is 3. The molecule has 0 unspecified atom stereocenters. The van der Waals surface area contributed by atoms with Gasteiger partial charge in [-0.1, -0.05) is 0 Å². The summed E-state index contributed by atoms with van der Waals surface area (Å²) in [6.07, 6.45) is 1.84. The fraction of sp³-hybridized carbons (Fsp3) is 0.357. The largest absolute Gasteiger partial charge is 0.313 e. The smallest absolute Gasteiger partial charge is 0.253 e. The summed E-state index contributed by atoms with van der Waals surface area (Å²) in [6.45, 7) is 6.30. The summed E-state index contributed by atoms with van der Waals surface area (Å²) >= 11 is 5.18. The highest BCUT2D eigenvalue weighted by atomic mass is 79.9. The van der Waals surface area contributed by atoms with Crippen molar-refractivity contribution in [3.05, 3.63) is 54.5 Å². The van der Waals surface area contributed by atoms with E-state index in [2.05, 4.69) is 39.6 Å². The quantitative estimate of drug-likeness (QED) is 0.848. The van der Waals surface area contributed by atoms with Gasteiger partial charge in [0.25, 0.3) is 5.56 Å². The maximum absolute atomic E-state index is 11.9. The highest BCUT2D eigenvalue weighted by molar-refractivity contribution is 9.10. The van der Waals surface area contributed by atoms with Crippen LogP contribution < -0.4 is 10.9 Å². The topological polar surface area (TPSA) is 34.0 Å². The molecule has 0 saturated heterocycles. The molecule has 102 valence electrons. The first-order valence-corrected chi connectivity index (χ1v) is 7.85. The van der Waals surface area contributed by atoms with Crippen molar-refractivity contribution >= 4 is 27.3 Å². The molecule has 2 aromatic heterocycles. The standard InChI is InChI=1S/C14H17BrN2OS/c1-10-3-6-19-13(10)8-16-4-5-17-9-12(15)7-11(2)14(17)18/h3,6-7,9,16H,4-5,8H2,1-2H3. The third-order valence-electron chi connectivity index (χ3n) is 3.01. The van der Waals surface area contributed by atoms with Gasteiger partial charge in [0, 0.05) is 40.7 Å². The first-order chi connectivity index (χ1) is 9.08. The number of nitrogens with zero attached hydrogens (tertiary/aromatic N) is 1. The number of thiophene rings is 1. The van der Waals surface area contributed by atoms with Crippen molar-refractivity contribution in [2.75, 3.05) is 6.54 Å². The first-order valence-electron chi connectivity index (χ1n) is 6.18. The average Bonchev–Trinajstić information content (AvgIpc) is 2.76. The van der Waals surface area contributed by atoms with Crippen LogP contribution in [0.2, 0.25) is 0 Å². The van der Waals surface area contributed by atoms with Gasteiger partial charge in [0.05, 0.1) is 0 Å². The van der Waals surface area contributed by atoms with Crippen molar-refractivity contribution in [2.45, 2.75) is 26.9 Å². The molecule has 0 aromatic carbocycles. The monoisotopic (exact) mass is 340 g/mol. The summed E-state index contributed by atoms with van der Waals surface area (Å²) in [5, 5.41) is 5.48. The highest BCUT2D eigenvalue weighted by Crippen LogP contribution is 2.14. The van der Waals surface area contributed by atoms with Crippen molar-refractivity contribution < 1.29 is 0 Å². The van der Waals surface area contributed by atoms with Gasteiger partial charge in [-0.2, -0.15) is 0 Å². The molecule has 0 bridgehead atoms. The lowest BCUT2D eigenvalue weighted by molar-refractivity contribution is 0.584. The lowest BCUT2D eigenvalue weighted by atomic mass is 10.3. The Hall–Kier alpha value is -0.910. The number of pyridine rings is 1. The Morgan fingerprint density at radius 1 is 1.37 bits per heavy atom. The Morgan fingerprint density at radius 3 is 2.84 bits per heavy atom. The van der Waals surface area contributed by atoms with Crippen LogP contribution >= 0.6 is 27.3 Å². The van der Waals surface area contributed by atoms with Crippen LogP contribution in [-0.4, -0.2) is 11.1 Å². The van der Waals surface area contributed by atoms with Gasteiger partial charge in [-0.3, -0.25) is 4.79 Å². The molecule has 0 aliphatic carbocycles. The van der Waals surface area contributed by atoms with Crippen LogP contribution in [0.5, 0.6) is 0 Å². The van der Waals surface area contributed by atoms with Gasteiger partial charge in [-0.05, 0) is 52.9 Å². The van der Waals surface area contributed by atoms with Crippen LogP contribution in [0, 0.1) is 13.8 Å². The lowest BCUT2D eigenvalue weighted by Gasteiger charge is -2.09. The number of halogens is 1. The van der Waals surface area contributed by atoms with Gasteiger partial charge in [0.2, 0.25) is 0 Å². The van der Waals surface area contributed by atoms with Crippen molar-refractivity contribution in [1.82, 2.24) is 9.88 Å². The Balaban J connectivity index is 1.90. The van der Waals surface area contributed by atoms with E-state index in [1.54, 1.807) is 15.9 Å². The van der Waals surface area contributed by atoms with Gasteiger partial charge >= 0.3 is 0 Å². The number of aromatic nitrogens is 1. The SMILES string of the molecule is Cc1ccsc1CNCCn1cc(Br)cc(C)c1=O. The van der Waals surface area contributed by atoms with Gasteiger partial charge in [-0.15, -0.1) is 11.3 Å². The minimum absolute atomic E-state index is 0.0808. The van der Waals surface area contributed by atoms with Crippen LogP contribution in [-0.2, 0) is 13.1 Å². The fourth-order valence-corrected chi connectivity index (χ4v) is 3.36. The van der Waals surface area contributed by atoms with Crippen molar-refractivity contribution in [1.29, 1.82) is 0 Å². The van der Waals surface area contributed by atoms with Gasteiger partial charge in [0.1, 0.15) is 0 Å². The first kappa shape index (κ1) is 14.5. The predicted molar refractivity (Wildman–Crippen MR) is 83.9 cm³/mol. The van der Waals surface area contributed by atoms with Crippen molar-refractivity contribution in [3.8, 4) is 0 Å². The second-order valence-electron chi connectivity index (χ2n) is 4.54. The minimum Gasteiger partial charge on any atom is -0.313 e. The molecule has 0 spiro atoms. The van der Waals surface area contributed by atoms with E-state index in [9.17, 15) is 4.79 Å². The molecule has 0 fully saturated rings. The van der Waals surface area contributed by atoms with Crippen molar-refractivity contribution in [3.63, 3.8) is 0 Å². The number of aryl methyl sites for hydroxylation is 2. The predicted octanol–water partition coefficient (Wildman–Crippen LogP) is 3.08. The van der Waals surface area contributed by atoms with E-state index in [0.29, 0.717) is 6.54 Å². The van der Waals surface area contributed by atoms with Crippen LogP contribution in [0.15, 0.2) is 33.0 Å². The van der Waals surface area contributed by atoms with E-state index in [4.69, 9.17) is 0 Å². The molecule has 0 radical (unpaired) electrons. The molecule has 2 heterocycles. The second-order valence-corrected chi connectivity index (χ2v) is 6.46. The van der Waals surface area contributed by atoms with Crippen LogP contribution in [0.1, 0.15) is 16.0 Å². The molecular weight excluding hydrogens is 324 g/mol. The second kappa shape index (κ2) is 6.50. The number of hydrogen-bond donors (Lipinski definition) is 1. The fourth-order valence-electron chi connectivity index (χ4n) is 1.89. The van der Waals surface area contributed by atoms with E-state index in [-0.39, 0.29) is 5.56 Å². The average molecular weight is 341 g/mol. The number of nitrogens with one attached hydrogen (secondary N) is 1. The third kappa shape index (κ3) is 3.78. The van der Waals surface area contributed by atoms with Gasteiger partial charge in [0.15, 0.2) is 0 Å². The zero-order chi connectivity index (χ0) is 13.8. The molecule has 19 heavy (non-hydrogen) atoms.